The number of hydrogen-bond acceptors (Lipinski definition) is 3. The van der Waals surface area contributed by atoms with E-state index in [-0.39, 0.29) is 11.7 Å². The molecule has 1 aliphatic heterocycles. The Balaban J connectivity index is 2.19. The number of amides is 2. The molecule has 1 aliphatic rings. The van der Waals surface area contributed by atoms with Crippen LogP contribution in [0.3, 0.4) is 0 Å². The van der Waals surface area contributed by atoms with Crippen LogP contribution in [-0.4, -0.2) is 47.8 Å². The van der Waals surface area contributed by atoms with Gasteiger partial charge in [0.15, 0.2) is 0 Å². The fraction of sp³-hybridized carbons (Fsp3) is 0.385. The van der Waals surface area contributed by atoms with E-state index in [0.717, 1.165) is 6.07 Å². The van der Waals surface area contributed by atoms with Crippen LogP contribution >= 0.6 is 0 Å². The second kappa shape index (κ2) is 5.87. The molecule has 6 nitrogen and oxygen atoms in total. The van der Waals surface area contributed by atoms with Crippen LogP contribution in [0.4, 0.5) is 14.9 Å². The van der Waals surface area contributed by atoms with Crippen molar-refractivity contribution in [3.8, 4) is 0 Å². The van der Waals surface area contributed by atoms with Crippen molar-refractivity contribution in [1.29, 1.82) is 0 Å². The van der Waals surface area contributed by atoms with Crippen LogP contribution in [0.25, 0.3) is 0 Å². The van der Waals surface area contributed by atoms with Crippen LogP contribution in [0.15, 0.2) is 18.2 Å². The maximum absolute atomic E-state index is 13.5. The molecule has 0 aromatic heterocycles. The van der Waals surface area contributed by atoms with Crippen molar-refractivity contribution in [2.75, 3.05) is 25.1 Å². The first kappa shape index (κ1) is 14.3. The van der Waals surface area contributed by atoms with Gasteiger partial charge in [-0.2, -0.15) is 0 Å². The van der Waals surface area contributed by atoms with Crippen molar-refractivity contribution >= 4 is 17.7 Å². The number of carboxylic acids is 1. The van der Waals surface area contributed by atoms with Gasteiger partial charge in [0.2, 0.25) is 0 Å². The van der Waals surface area contributed by atoms with Crippen LogP contribution in [0.5, 0.6) is 0 Å². The number of rotatable bonds is 2. The monoisotopic (exact) mass is 282 g/mol. The fourth-order valence-electron chi connectivity index (χ4n) is 2.06. The highest BCUT2D eigenvalue weighted by Crippen LogP contribution is 2.20. The quantitative estimate of drug-likeness (QED) is 0.866. The number of nitrogens with zero attached hydrogens (tertiary/aromatic N) is 1. The summed E-state index contributed by atoms with van der Waals surface area (Å²) in [4.78, 5) is 24.7. The first-order valence-corrected chi connectivity index (χ1v) is 6.18. The molecule has 1 atom stereocenters. The predicted molar refractivity (Wildman–Crippen MR) is 69.4 cm³/mol. The van der Waals surface area contributed by atoms with Crippen molar-refractivity contribution in [3.63, 3.8) is 0 Å². The molecular weight excluding hydrogens is 267 g/mol. The molecule has 1 fully saturated rings. The molecule has 7 heteroatoms. The summed E-state index contributed by atoms with van der Waals surface area (Å²) >= 11 is 0. The van der Waals surface area contributed by atoms with E-state index in [1.54, 1.807) is 0 Å². The predicted octanol–water partition coefficient (Wildman–Crippen LogP) is 1.78. The highest BCUT2D eigenvalue weighted by molar-refractivity contribution is 6.00. The maximum atomic E-state index is 13.5. The molecule has 20 heavy (non-hydrogen) atoms. The van der Waals surface area contributed by atoms with Crippen molar-refractivity contribution in [3.05, 3.63) is 29.6 Å². The number of aromatic carboxylic acids is 1. The molecule has 108 valence electrons. The Morgan fingerprint density at radius 1 is 1.50 bits per heavy atom. The molecule has 0 aliphatic carbocycles. The number of morpholine rings is 1. The number of carbonyl (C=O) groups excluding carboxylic acids is 1. The zero-order valence-electron chi connectivity index (χ0n) is 10.9. The van der Waals surface area contributed by atoms with Crippen LogP contribution in [0.2, 0.25) is 0 Å². The van der Waals surface area contributed by atoms with Gasteiger partial charge in [0.05, 0.1) is 24.9 Å². The first-order chi connectivity index (χ1) is 9.50. The third kappa shape index (κ3) is 2.88. The van der Waals surface area contributed by atoms with E-state index in [2.05, 4.69) is 5.32 Å². The van der Waals surface area contributed by atoms with E-state index in [4.69, 9.17) is 9.84 Å². The lowest BCUT2D eigenvalue weighted by molar-refractivity contribution is 0.0221. The third-order valence-corrected chi connectivity index (χ3v) is 3.10. The molecule has 2 rings (SSSR count). The van der Waals surface area contributed by atoms with Crippen LogP contribution in [0, 0.1) is 5.82 Å². The maximum Gasteiger partial charge on any atom is 0.340 e. The highest BCUT2D eigenvalue weighted by atomic mass is 19.1. The smallest absolute Gasteiger partial charge is 0.340 e. The second-order valence-electron chi connectivity index (χ2n) is 4.52. The van der Waals surface area contributed by atoms with Gasteiger partial charge in [-0.25, -0.2) is 14.0 Å². The summed E-state index contributed by atoms with van der Waals surface area (Å²) in [6, 6.07) is 3.16. The van der Waals surface area contributed by atoms with Gasteiger partial charge in [-0.05, 0) is 19.1 Å². The molecule has 0 bridgehead atoms. The molecule has 1 aromatic carbocycles. The van der Waals surface area contributed by atoms with Crippen molar-refractivity contribution in [2.24, 2.45) is 0 Å². The Labute approximate surface area is 115 Å². The Kier molecular flexibility index (Phi) is 4.19. The zero-order chi connectivity index (χ0) is 14.7. The lowest BCUT2D eigenvalue weighted by atomic mass is 10.1. The average Bonchev–Trinajstić information content (AvgIpc) is 2.38. The standard InChI is InChI=1S/C13H15FN2O4/c1-8-7-20-6-5-16(8)13(19)15-10-4-2-3-9(14)11(10)12(17)18/h2-4,8H,5-7H2,1H3,(H,15,19)(H,17,18). The number of benzene rings is 1. The third-order valence-electron chi connectivity index (χ3n) is 3.10. The molecule has 1 aromatic rings. The summed E-state index contributed by atoms with van der Waals surface area (Å²) in [6.45, 7) is 3.07. The lowest BCUT2D eigenvalue weighted by Gasteiger charge is -2.33. The van der Waals surface area contributed by atoms with Crippen LogP contribution < -0.4 is 5.32 Å². The van der Waals surface area contributed by atoms with E-state index in [1.165, 1.54) is 17.0 Å². The zero-order valence-corrected chi connectivity index (χ0v) is 10.9. The Morgan fingerprint density at radius 2 is 2.25 bits per heavy atom. The van der Waals surface area contributed by atoms with Crippen LogP contribution in [-0.2, 0) is 4.74 Å². The number of hydrogen-bond donors (Lipinski definition) is 2. The second-order valence-corrected chi connectivity index (χ2v) is 4.52. The Bertz CT molecular complexity index is 535. The summed E-state index contributed by atoms with van der Waals surface area (Å²) in [5, 5.41) is 11.4. The van der Waals surface area contributed by atoms with Gasteiger partial charge in [0.1, 0.15) is 11.4 Å². The highest BCUT2D eigenvalue weighted by Gasteiger charge is 2.25. The largest absolute Gasteiger partial charge is 0.478 e. The van der Waals surface area contributed by atoms with Gasteiger partial charge in [-0.15, -0.1) is 0 Å². The van der Waals surface area contributed by atoms with Gasteiger partial charge in [0.25, 0.3) is 0 Å². The van der Waals surface area contributed by atoms with Gasteiger partial charge in [-0.1, -0.05) is 6.07 Å². The summed E-state index contributed by atoms with van der Waals surface area (Å²) < 4.78 is 18.7. The van der Waals surface area contributed by atoms with E-state index in [9.17, 15) is 14.0 Å². The summed E-state index contributed by atoms with van der Waals surface area (Å²) in [6.07, 6.45) is 0. The van der Waals surface area contributed by atoms with Gasteiger partial charge in [-0.3, -0.25) is 0 Å². The van der Waals surface area contributed by atoms with E-state index in [0.29, 0.717) is 19.8 Å². The molecular formula is C13H15FN2O4. The van der Waals surface area contributed by atoms with Crippen molar-refractivity contribution in [2.45, 2.75) is 13.0 Å². The average molecular weight is 282 g/mol. The first-order valence-electron chi connectivity index (χ1n) is 6.18. The van der Waals surface area contributed by atoms with Gasteiger partial charge >= 0.3 is 12.0 Å². The Morgan fingerprint density at radius 3 is 2.90 bits per heavy atom. The number of nitrogens with one attached hydrogen (secondary N) is 1. The van der Waals surface area contributed by atoms with Crippen molar-refractivity contribution < 1.29 is 23.8 Å². The number of carboxylic acid groups (broad SMARTS) is 1. The topological polar surface area (TPSA) is 78.9 Å². The number of halogens is 1. The van der Waals surface area contributed by atoms with Crippen molar-refractivity contribution in [1.82, 2.24) is 4.90 Å². The summed E-state index contributed by atoms with van der Waals surface area (Å²) in [5.41, 5.74) is -0.594. The molecule has 1 saturated heterocycles. The summed E-state index contributed by atoms with van der Waals surface area (Å²) in [7, 11) is 0. The molecule has 0 spiro atoms. The van der Waals surface area contributed by atoms with E-state index in [1.807, 2.05) is 6.92 Å². The minimum Gasteiger partial charge on any atom is -0.478 e. The van der Waals surface area contributed by atoms with Gasteiger partial charge in [0, 0.05) is 6.54 Å². The molecule has 1 heterocycles. The molecule has 2 amide bonds. The van der Waals surface area contributed by atoms with E-state index >= 15 is 0 Å². The normalized spacial score (nSPS) is 18.7. The van der Waals surface area contributed by atoms with Gasteiger partial charge < -0.3 is 20.1 Å². The number of anilines is 1. The fourth-order valence-corrected chi connectivity index (χ4v) is 2.06. The number of ether oxygens (including phenoxy) is 1. The number of urea groups is 1. The summed E-state index contributed by atoms with van der Waals surface area (Å²) in [5.74, 6) is -2.31. The van der Waals surface area contributed by atoms with Crippen LogP contribution in [0.1, 0.15) is 17.3 Å². The SMILES string of the molecule is CC1COCCN1C(=O)Nc1cccc(F)c1C(=O)O. The molecule has 1 unspecified atom stereocenters. The lowest BCUT2D eigenvalue weighted by Crippen LogP contribution is -2.49. The Hall–Kier alpha value is -2.15. The molecule has 2 N–H and O–H groups in total. The van der Waals surface area contributed by atoms with E-state index < -0.39 is 23.4 Å². The minimum absolute atomic E-state index is 0.0545. The molecule has 0 radical (unpaired) electrons. The minimum atomic E-state index is -1.42. The number of carbonyl (C=O) groups is 2. The molecule has 0 saturated carbocycles.